The molecule has 0 aliphatic carbocycles. The number of nitrogens with two attached hydrogens (primary N) is 1. The van der Waals surface area contributed by atoms with Crippen LogP contribution in [-0.2, 0) is 18.3 Å². The first-order valence-corrected chi connectivity index (χ1v) is 7.25. The van der Waals surface area contributed by atoms with Crippen LogP contribution in [0, 0.1) is 0 Å². The Morgan fingerprint density at radius 3 is 3.00 bits per heavy atom. The van der Waals surface area contributed by atoms with E-state index in [2.05, 4.69) is 11.2 Å². The van der Waals surface area contributed by atoms with Gasteiger partial charge in [0.25, 0.3) is 0 Å². The van der Waals surface area contributed by atoms with Crippen LogP contribution in [0.25, 0.3) is 10.1 Å². The Kier molecular flexibility index (Phi) is 3.38. The minimum Gasteiger partial charge on any atom is -0.318 e. The Morgan fingerprint density at radius 2 is 2.25 bits per heavy atom. The Bertz CT molecular complexity index is 759. The molecular formula is C15H15N3OS. The summed E-state index contributed by atoms with van der Waals surface area (Å²) in [4.78, 5) is 12.3. The van der Waals surface area contributed by atoms with Crippen LogP contribution in [-0.4, -0.2) is 15.6 Å². The average Bonchev–Trinajstić information content (AvgIpc) is 3.05. The first kappa shape index (κ1) is 13.0. The second-order valence-electron chi connectivity index (χ2n) is 4.83. The molecule has 0 saturated heterocycles. The number of aromatic nitrogens is 2. The summed E-state index contributed by atoms with van der Waals surface area (Å²) in [6.07, 6.45) is 3.79. The maximum atomic E-state index is 12.3. The molecule has 1 atom stereocenters. The number of rotatable bonds is 4. The zero-order valence-corrected chi connectivity index (χ0v) is 11.9. The molecule has 2 N–H and O–H groups in total. The van der Waals surface area contributed by atoms with Crippen LogP contribution in [0.5, 0.6) is 0 Å². The van der Waals surface area contributed by atoms with Crippen molar-refractivity contribution in [2.45, 2.75) is 12.5 Å². The summed E-state index contributed by atoms with van der Waals surface area (Å²) in [5, 5.41) is 7.24. The lowest BCUT2D eigenvalue weighted by molar-refractivity contribution is -0.119. The third kappa shape index (κ3) is 2.37. The summed E-state index contributed by atoms with van der Waals surface area (Å²) in [5.74, 6) is 0.0153. The molecular weight excluding hydrogens is 270 g/mol. The highest BCUT2D eigenvalue weighted by molar-refractivity contribution is 7.17. The van der Waals surface area contributed by atoms with Crippen LogP contribution in [0.2, 0.25) is 0 Å². The quantitative estimate of drug-likeness (QED) is 0.801. The monoisotopic (exact) mass is 285 g/mol. The van der Waals surface area contributed by atoms with Gasteiger partial charge in [0.2, 0.25) is 0 Å². The molecule has 0 bridgehead atoms. The average molecular weight is 285 g/mol. The predicted octanol–water partition coefficient (Wildman–Crippen LogP) is 2.45. The SMILES string of the molecule is Cn1cc(C(N)C(=O)Cc2csc3ccccc23)cn1. The van der Waals surface area contributed by atoms with Gasteiger partial charge >= 0.3 is 0 Å². The van der Waals surface area contributed by atoms with Crippen LogP contribution < -0.4 is 5.73 Å². The fourth-order valence-corrected chi connectivity index (χ4v) is 3.22. The summed E-state index contributed by atoms with van der Waals surface area (Å²) in [6.45, 7) is 0. The minimum absolute atomic E-state index is 0.0153. The normalized spacial score (nSPS) is 12.7. The summed E-state index contributed by atoms with van der Waals surface area (Å²) in [6, 6.07) is 7.50. The number of hydrogen-bond donors (Lipinski definition) is 1. The highest BCUT2D eigenvalue weighted by Gasteiger charge is 2.19. The maximum absolute atomic E-state index is 12.3. The number of thiophene rings is 1. The lowest BCUT2D eigenvalue weighted by atomic mass is 10.0. The number of benzene rings is 1. The molecule has 1 unspecified atom stereocenters. The standard InChI is InChI=1S/C15H15N3OS/c1-18-8-11(7-17-18)15(16)13(19)6-10-9-20-14-5-3-2-4-12(10)14/h2-5,7-9,15H,6,16H2,1H3. The first-order valence-electron chi connectivity index (χ1n) is 6.37. The lowest BCUT2D eigenvalue weighted by Crippen LogP contribution is -2.22. The molecule has 3 rings (SSSR count). The van der Waals surface area contributed by atoms with Crippen LogP contribution in [0.1, 0.15) is 17.2 Å². The number of aryl methyl sites for hydroxylation is 1. The number of nitrogens with zero attached hydrogens (tertiary/aromatic N) is 2. The van der Waals surface area contributed by atoms with Crippen molar-refractivity contribution in [2.75, 3.05) is 0 Å². The molecule has 0 aliphatic heterocycles. The summed E-state index contributed by atoms with van der Waals surface area (Å²) in [5.41, 5.74) is 7.83. The van der Waals surface area contributed by atoms with Gasteiger partial charge < -0.3 is 5.73 Å². The number of carbonyl (C=O) groups is 1. The molecule has 0 saturated carbocycles. The van der Waals surface area contributed by atoms with Crippen molar-refractivity contribution < 1.29 is 4.79 Å². The van der Waals surface area contributed by atoms with E-state index < -0.39 is 6.04 Å². The third-order valence-corrected chi connectivity index (χ3v) is 4.37. The predicted molar refractivity (Wildman–Crippen MR) is 80.7 cm³/mol. The van der Waals surface area contributed by atoms with E-state index in [4.69, 9.17) is 5.73 Å². The van der Waals surface area contributed by atoms with Crippen LogP contribution in [0.3, 0.4) is 0 Å². The van der Waals surface area contributed by atoms with Gasteiger partial charge in [-0.2, -0.15) is 5.10 Å². The van der Waals surface area contributed by atoms with E-state index in [9.17, 15) is 4.79 Å². The van der Waals surface area contributed by atoms with Crippen LogP contribution >= 0.6 is 11.3 Å². The van der Waals surface area contributed by atoms with Crippen molar-refractivity contribution in [2.24, 2.45) is 12.8 Å². The van der Waals surface area contributed by atoms with Crippen molar-refractivity contribution in [3.8, 4) is 0 Å². The third-order valence-electron chi connectivity index (χ3n) is 3.36. The Labute approximate surface area is 120 Å². The highest BCUT2D eigenvalue weighted by Crippen LogP contribution is 2.27. The summed E-state index contributed by atoms with van der Waals surface area (Å²) in [7, 11) is 1.81. The van der Waals surface area contributed by atoms with Gasteiger partial charge in [-0.3, -0.25) is 9.48 Å². The van der Waals surface area contributed by atoms with Gasteiger partial charge in [0.15, 0.2) is 5.78 Å². The van der Waals surface area contributed by atoms with E-state index in [0.29, 0.717) is 6.42 Å². The topological polar surface area (TPSA) is 60.9 Å². The van der Waals surface area contributed by atoms with E-state index in [1.54, 1.807) is 28.4 Å². The number of ketones is 1. The molecule has 4 nitrogen and oxygen atoms in total. The fraction of sp³-hybridized carbons (Fsp3) is 0.200. The molecule has 1 aromatic carbocycles. The molecule has 0 fully saturated rings. The fourth-order valence-electron chi connectivity index (χ4n) is 2.25. The number of carbonyl (C=O) groups excluding carboxylic acids is 1. The van der Waals surface area contributed by atoms with E-state index in [-0.39, 0.29) is 5.78 Å². The van der Waals surface area contributed by atoms with Crippen molar-refractivity contribution in [1.82, 2.24) is 9.78 Å². The van der Waals surface area contributed by atoms with Gasteiger partial charge in [-0.1, -0.05) is 18.2 Å². The minimum atomic E-state index is -0.609. The molecule has 20 heavy (non-hydrogen) atoms. The molecule has 0 aliphatic rings. The van der Waals surface area contributed by atoms with Gasteiger partial charge in [-0.15, -0.1) is 11.3 Å². The smallest absolute Gasteiger partial charge is 0.158 e. The number of hydrogen-bond acceptors (Lipinski definition) is 4. The van der Waals surface area contributed by atoms with E-state index in [1.165, 1.54) is 4.70 Å². The molecule has 0 amide bonds. The van der Waals surface area contributed by atoms with Crippen molar-refractivity contribution in [3.63, 3.8) is 0 Å². The van der Waals surface area contributed by atoms with E-state index in [1.807, 2.05) is 30.6 Å². The molecule has 0 radical (unpaired) electrons. The zero-order chi connectivity index (χ0) is 14.1. The molecule has 3 aromatic rings. The van der Waals surface area contributed by atoms with Gasteiger partial charge in [-0.05, 0) is 22.4 Å². The lowest BCUT2D eigenvalue weighted by Gasteiger charge is -2.07. The molecule has 0 spiro atoms. The van der Waals surface area contributed by atoms with Crippen molar-refractivity contribution >= 4 is 27.2 Å². The largest absolute Gasteiger partial charge is 0.318 e. The number of Topliss-reactive ketones (excluding diaryl/α,β-unsaturated/α-hetero) is 1. The molecule has 2 heterocycles. The second-order valence-corrected chi connectivity index (χ2v) is 5.74. The van der Waals surface area contributed by atoms with Crippen molar-refractivity contribution in [3.05, 3.63) is 53.2 Å². The maximum Gasteiger partial charge on any atom is 0.158 e. The Balaban J connectivity index is 1.82. The molecule has 102 valence electrons. The summed E-state index contributed by atoms with van der Waals surface area (Å²) < 4.78 is 2.85. The van der Waals surface area contributed by atoms with Gasteiger partial charge in [-0.25, -0.2) is 0 Å². The zero-order valence-electron chi connectivity index (χ0n) is 11.1. The summed E-state index contributed by atoms with van der Waals surface area (Å²) >= 11 is 1.66. The van der Waals surface area contributed by atoms with Gasteiger partial charge in [0.1, 0.15) is 0 Å². The highest BCUT2D eigenvalue weighted by atomic mass is 32.1. The van der Waals surface area contributed by atoms with Crippen LogP contribution in [0.4, 0.5) is 0 Å². The van der Waals surface area contributed by atoms with E-state index >= 15 is 0 Å². The number of fused-ring (bicyclic) bond motifs is 1. The molecule has 5 heteroatoms. The first-order chi connectivity index (χ1) is 9.65. The Hall–Kier alpha value is -1.98. The van der Waals surface area contributed by atoms with Crippen molar-refractivity contribution in [1.29, 1.82) is 0 Å². The van der Waals surface area contributed by atoms with Gasteiger partial charge in [0.05, 0.1) is 12.2 Å². The van der Waals surface area contributed by atoms with Crippen LogP contribution in [0.15, 0.2) is 42.0 Å². The Morgan fingerprint density at radius 1 is 1.45 bits per heavy atom. The molecule has 2 aromatic heterocycles. The second kappa shape index (κ2) is 5.19. The van der Waals surface area contributed by atoms with Gasteiger partial charge in [0, 0.05) is 29.9 Å². The van der Waals surface area contributed by atoms with E-state index in [0.717, 1.165) is 16.5 Å².